The molecule has 0 heterocycles. The number of nitrogens with zero attached hydrogens (tertiary/aromatic N) is 1. The van der Waals surface area contributed by atoms with Crippen LogP contribution in [0.15, 0.2) is 0 Å². The van der Waals surface area contributed by atoms with Gasteiger partial charge in [0.1, 0.15) is 5.92 Å². The zero-order valence-electron chi connectivity index (χ0n) is 13.2. The van der Waals surface area contributed by atoms with Gasteiger partial charge in [-0.05, 0) is 49.4 Å². The van der Waals surface area contributed by atoms with Gasteiger partial charge in [-0.2, -0.15) is 5.26 Å². The van der Waals surface area contributed by atoms with Gasteiger partial charge in [-0.3, -0.25) is 4.79 Å². The van der Waals surface area contributed by atoms with Gasteiger partial charge < -0.3 is 0 Å². The fourth-order valence-corrected chi connectivity index (χ4v) is 3.23. The van der Waals surface area contributed by atoms with E-state index in [1.807, 2.05) is 0 Å². The first-order valence-electron chi connectivity index (χ1n) is 7.69. The number of nitriles is 1. The Hall–Kier alpha value is -0.840. The molecule has 0 aromatic carbocycles. The largest absolute Gasteiger partial charge is 0.298 e. The molecule has 0 saturated heterocycles. The van der Waals surface area contributed by atoms with Crippen LogP contribution in [0.25, 0.3) is 0 Å². The molecule has 0 aromatic rings. The van der Waals surface area contributed by atoms with E-state index in [4.69, 9.17) is 0 Å². The predicted octanol–water partition coefficient (Wildman–Crippen LogP) is 4.59. The Morgan fingerprint density at radius 3 is 2.11 bits per heavy atom. The molecule has 108 valence electrons. The number of hydrogen-bond acceptors (Lipinski definition) is 2. The molecule has 1 saturated carbocycles. The third kappa shape index (κ3) is 4.64. The minimum absolute atomic E-state index is 0.141. The van der Waals surface area contributed by atoms with Crippen molar-refractivity contribution < 1.29 is 4.79 Å². The lowest BCUT2D eigenvalue weighted by molar-refractivity contribution is -0.127. The van der Waals surface area contributed by atoms with E-state index >= 15 is 0 Å². The molecule has 0 spiro atoms. The minimum Gasteiger partial charge on any atom is -0.298 e. The molecule has 1 fully saturated rings. The van der Waals surface area contributed by atoms with Crippen LogP contribution in [0.4, 0.5) is 0 Å². The Bertz CT molecular complexity index is 337. The number of rotatable bonds is 4. The first-order valence-corrected chi connectivity index (χ1v) is 7.69. The fraction of sp³-hybridized carbons (Fsp3) is 0.882. The lowest BCUT2D eigenvalue weighted by atomic mass is 9.68. The number of Topliss-reactive ketones (excluding diaryl/α,β-unsaturated/α-hetero) is 1. The van der Waals surface area contributed by atoms with E-state index in [2.05, 4.69) is 40.7 Å². The quantitative estimate of drug-likeness (QED) is 0.744. The van der Waals surface area contributed by atoms with Crippen molar-refractivity contribution in [1.82, 2.24) is 0 Å². The number of hydrogen-bond donors (Lipinski definition) is 0. The zero-order valence-corrected chi connectivity index (χ0v) is 13.2. The summed E-state index contributed by atoms with van der Waals surface area (Å²) in [5, 5.41) is 9.19. The molecule has 1 unspecified atom stereocenters. The Morgan fingerprint density at radius 1 is 1.21 bits per heavy atom. The molecule has 1 rings (SSSR count). The van der Waals surface area contributed by atoms with Crippen LogP contribution in [-0.2, 0) is 4.79 Å². The Balaban J connectivity index is 2.55. The maximum absolute atomic E-state index is 12.4. The van der Waals surface area contributed by atoms with Crippen LogP contribution in [-0.4, -0.2) is 5.78 Å². The average Bonchev–Trinajstić information content (AvgIpc) is 2.34. The summed E-state index contributed by atoms with van der Waals surface area (Å²) in [7, 11) is 0. The Kier molecular flexibility index (Phi) is 5.59. The maximum Gasteiger partial charge on any atom is 0.153 e. The fourth-order valence-electron chi connectivity index (χ4n) is 3.23. The predicted molar refractivity (Wildman–Crippen MR) is 78.5 cm³/mol. The van der Waals surface area contributed by atoms with Crippen LogP contribution in [0.2, 0.25) is 0 Å². The summed E-state index contributed by atoms with van der Waals surface area (Å²) < 4.78 is 0. The van der Waals surface area contributed by atoms with Crippen molar-refractivity contribution in [3.8, 4) is 6.07 Å². The van der Waals surface area contributed by atoms with Gasteiger partial charge in [-0.1, -0.05) is 34.6 Å². The highest BCUT2D eigenvalue weighted by atomic mass is 16.1. The number of ketones is 1. The summed E-state index contributed by atoms with van der Waals surface area (Å²) in [6.45, 7) is 11.0. The molecule has 1 aliphatic rings. The van der Waals surface area contributed by atoms with Crippen molar-refractivity contribution in [3.63, 3.8) is 0 Å². The van der Waals surface area contributed by atoms with Gasteiger partial charge in [0.05, 0.1) is 6.07 Å². The van der Waals surface area contributed by atoms with Crippen LogP contribution in [0.1, 0.15) is 66.7 Å². The van der Waals surface area contributed by atoms with E-state index in [1.165, 1.54) is 0 Å². The first-order chi connectivity index (χ1) is 8.75. The highest BCUT2D eigenvalue weighted by molar-refractivity contribution is 5.85. The van der Waals surface area contributed by atoms with Gasteiger partial charge in [0.15, 0.2) is 5.78 Å². The van der Waals surface area contributed by atoms with Crippen LogP contribution >= 0.6 is 0 Å². The van der Waals surface area contributed by atoms with Gasteiger partial charge in [-0.25, -0.2) is 0 Å². The Labute approximate surface area is 118 Å². The van der Waals surface area contributed by atoms with Crippen molar-refractivity contribution >= 4 is 5.78 Å². The molecule has 0 aliphatic heterocycles. The van der Waals surface area contributed by atoms with Crippen LogP contribution in [0, 0.1) is 40.4 Å². The third-order valence-corrected chi connectivity index (χ3v) is 4.56. The van der Waals surface area contributed by atoms with E-state index in [0.717, 1.165) is 31.6 Å². The van der Waals surface area contributed by atoms with Crippen molar-refractivity contribution in [2.24, 2.45) is 29.1 Å². The number of carbonyl (C=O) groups excluding carboxylic acids is 1. The normalized spacial score (nSPS) is 25.9. The molecule has 2 nitrogen and oxygen atoms in total. The van der Waals surface area contributed by atoms with E-state index in [1.54, 1.807) is 0 Å². The van der Waals surface area contributed by atoms with E-state index in [9.17, 15) is 10.1 Å². The van der Waals surface area contributed by atoms with Crippen LogP contribution in [0.3, 0.4) is 0 Å². The molecule has 0 amide bonds. The van der Waals surface area contributed by atoms with Crippen molar-refractivity contribution in [3.05, 3.63) is 0 Å². The summed E-state index contributed by atoms with van der Waals surface area (Å²) in [6.07, 6.45) is 4.96. The standard InChI is InChI=1S/C17H29NO/c1-12(2)10-14(11-18)16(19)13-6-8-15(9-7-13)17(3,4)5/h12-15H,6-10H2,1-5H3. The summed E-state index contributed by atoms with van der Waals surface area (Å²) in [4.78, 5) is 12.4. The highest BCUT2D eigenvalue weighted by Crippen LogP contribution is 2.40. The molecule has 19 heavy (non-hydrogen) atoms. The van der Waals surface area contributed by atoms with Gasteiger partial charge in [0, 0.05) is 5.92 Å². The monoisotopic (exact) mass is 263 g/mol. The smallest absolute Gasteiger partial charge is 0.153 e. The number of carbonyl (C=O) groups is 1. The SMILES string of the molecule is CC(C)CC(C#N)C(=O)C1CCC(C(C)(C)C)CC1. The summed E-state index contributed by atoms with van der Waals surface area (Å²) in [5.74, 6) is 1.11. The lowest BCUT2D eigenvalue weighted by Gasteiger charge is -2.37. The van der Waals surface area contributed by atoms with E-state index < -0.39 is 0 Å². The Morgan fingerprint density at radius 2 is 1.74 bits per heavy atom. The topological polar surface area (TPSA) is 40.9 Å². The average molecular weight is 263 g/mol. The van der Waals surface area contributed by atoms with Crippen LogP contribution < -0.4 is 0 Å². The summed E-state index contributed by atoms with van der Waals surface area (Å²) in [6, 6.07) is 2.22. The molecule has 1 aliphatic carbocycles. The van der Waals surface area contributed by atoms with E-state index in [-0.39, 0.29) is 17.6 Å². The third-order valence-electron chi connectivity index (χ3n) is 4.56. The molecule has 1 atom stereocenters. The van der Waals surface area contributed by atoms with Gasteiger partial charge in [0.25, 0.3) is 0 Å². The molecule has 0 N–H and O–H groups in total. The summed E-state index contributed by atoms with van der Waals surface area (Å²) >= 11 is 0. The second-order valence-corrected chi connectivity index (χ2v) is 7.63. The van der Waals surface area contributed by atoms with Gasteiger partial charge >= 0.3 is 0 Å². The van der Waals surface area contributed by atoms with Crippen molar-refractivity contribution in [2.45, 2.75) is 66.7 Å². The van der Waals surface area contributed by atoms with Gasteiger partial charge in [-0.15, -0.1) is 0 Å². The second kappa shape index (κ2) is 6.55. The first kappa shape index (κ1) is 16.2. The lowest BCUT2D eigenvalue weighted by Crippen LogP contribution is -2.31. The molecule has 0 aromatic heterocycles. The van der Waals surface area contributed by atoms with Gasteiger partial charge in [0.2, 0.25) is 0 Å². The maximum atomic E-state index is 12.4. The molecule has 2 heteroatoms. The minimum atomic E-state index is -0.379. The van der Waals surface area contributed by atoms with Crippen LogP contribution in [0.5, 0.6) is 0 Å². The van der Waals surface area contributed by atoms with E-state index in [0.29, 0.717) is 17.8 Å². The second-order valence-electron chi connectivity index (χ2n) is 7.63. The molecule has 0 bridgehead atoms. The molecular formula is C17H29NO. The highest BCUT2D eigenvalue weighted by Gasteiger charge is 2.34. The van der Waals surface area contributed by atoms with Crippen molar-refractivity contribution in [1.29, 1.82) is 5.26 Å². The summed E-state index contributed by atoms with van der Waals surface area (Å²) in [5.41, 5.74) is 0.348. The zero-order chi connectivity index (χ0) is 14.6. The molecule has 0 radical (unpaired) electrons. The van der Waals surface area contributed by atoms with Crippen molar-refractivity contribution in [2.75, 3.05) is 0 Å². The molecular weight excluding hydrogens is 234 g/mol.